The van der Waals surface area contributed by atoms with Crippen molar-refractivity contribution in [2.45, 2.75) is 39.7 Å². The molecule has 0 aliphatic carbocycles. The van der Waals surface area contributed by atoms with Gasteiger partial charge in [0.2, 0.25) is 0 Å². The molecule has 0 unspecified atom stereocenters. The first-order valence-corrected chi connectivity index (χ1v) is 6.66. The van der Waals surface area contributed by atoms with Gasteiger partial charge in [0.1, 0.15) is 11.6 Å². The lowest BCUT2D eigenvalue weighted by molar-refractivity contribution is 0.0595. The number of hydrogen-bond donors (Lipinski definition) is 1. The largest absolute Gasteiger partial charge is 0.464 e. The van der Waals surface area contributed by atoms with Gasteiger partial charge in [-0.3, -0.25) is 0 Å². The van der Waals surface area contributed by atoms with Crippen molar-refractivity contribution in [1.82, 2.24) is 9.55 Å². The van der Waals surface area contributed by atoms with Gasteiger partial charge in [-0.05, 0) is 12.8 Å². The fourth-order valence-electron chi connectivity index (χ4n) is 1.85. The molecule has 0 fully saturated rings. The van der Waals surface area contributed by atoms with Crippen molar-refractivity contribution >= 4 is 11.8 Å². The Labute approximate surface area is 113 Å². The number of carbonyl (C=O) groups excluding carboxylic acids is 1. The molecule has 1 heterocycles. The highest BCUT2D eigenvalue weighted by Gasteiger charge is 2.19. The first-order valence-electron chi connectivity index (χ1n) is 6.66. The fraction of sp³-hybridized carbons (Fsp3) is 0.692. The molecule has 0 amide bonds. The Bertz CT molecular complexity index is 416. The van der Waals surface area contributed by atoms with Crippen LogP contribution in [0.25, 0.3) is 0 Å². The highest BCUT2D eigenvalue weighted by atomic mass is 16.5. The predicted octanol–water partition coefficient (Wildman–Crippen LogP) is 1.63. The number of hydrogen-bond acceptors (Lipinski definition) is 5. The summed E-state index contributed by atoms with van der Waals surface area (Å²) in [5.74, 6) is 0.681. The Kier molecular flexibility index (Phi) is 6.35. The highest BCUT2D eigenvalue weighted by Crippen LogP contribution is 2.16. The van der Waals surface area contributed by atoms with Gasteiger partial charge in [-0.15, -0.1) is 0 Å². The summed E-state index contributed by atoms with van der Waals surface area (Å²) >= 11 is 0. The molecule has 0 atom stereocenters. The van der Waals surface area contributed by atoms with Crippen LogP contribution in [0, 0.1) is 0 Å². The zero-order valence-electron chi connectivity index (χ0n) is 11.9. The summed E-state index contributed by atoms with van der Waals surface area (Å²) in [5, 5.41) is 0. The molecular weight excluding hydrogens is 246 g/mol. The van der Waals surface area contributed by atoms with Crippen LogP contribution in [0.5, 0.6) is 0 Å². The number of aromatic nitrogens is 2. The Balaban J connectivity index is 2.70. The number of nitrogen functional groups attached to an aromatic ring is 1. The number of nitrogens with two attached hydrogens (primary N) is 1. The minimum Gasteiger partial charge on any atom is -0.464 e. The molecule has 1 aromatic rings. The van der Waals surface area contributed by atoms with Crippen molar-refractivity contribution in [1.29, 1.82) is 0 Å². The maximum absolute atomic E-state index is 11.5. The Morgan fingerprint density at radius 2 is 2.11 bits per heavy atom. The number of aryl methyl sites for hydroxylation is 1. The van der Waals surface area contributed by atoms with Gasteiger partial charge >= 0.3 is 5.97 Å². The average molecular weight is 269 g/mol. The maximum Gasteiger partial charge on any atom is 0.360 e. The van der Waals surface area contributed by atoms with Crippen LogP contribution < -0.4 is 5.73 Å². The van der Waals surface area contributed by atoms with Gasteiger partial charge in [0.05, 0.1) is 7.11 Å². The summed E-state index contributed by atoms with van der Waals surface area (Å²) in [6.45, 7) is 6.21. The Morgan fingerprint density at radius 3 is 2.68 bits per heavy atom. The van der Waals surface area contributed by atoms with Gasteiger partial charge < -0.3 is 19.8 Å². The van der Waals surface area contributed by atoms with Gasteiger partial charge in [0.15, 0.2) is 5.69 Å². The summed E-state index contributed by atoms with van der Waals surface area (Å²) in [6.07, 6.45) is 2.57. The number of rotatable bonds is 8. The van der Waals surface area contributed by atoms with Gasteiger partial charge in [0.25, 0.3) is 0 Å². The van der Waals surface area contributed by atoms with E-state index in [1.165, 1.54) is 7.11 Å². The molecule has 0 saturated carbocycles. The SMILES string of the molecule is CCCOCCCn1c(CC)nc(C(=O)OC)c1N. The molecule has 0 bridgehead atoms. The summed E-state index contributed by atoms with van der Waals surface area (Å²) in [6, 6.07) is 0. The van der Waals surface area contributed by atoms with Crippen LogP contribution in [0.1, 0.15) is 43.0 Å². The van der Waals surface area contributed by atoms with E-state index in [9.17, 15) is 4.79 Å². The first kappa shape index (κ1) is 15.5. The summed E-state index contributed by atoms with van der Waals surface area (Å²) in [4.78, 5) is 15.8. The lowest BCUT2D eigenvalue weighted by atomic mass is 10.4. The third-order valence-corrected chi connectivity index (χ3v) is 2.80. The number of nitrogens with zero attached hydrogens (tertiary/aromatic N) is 2. The lowest BCUT2D eigenvalue weighted by Crippen LogP contribution is -2.11. The highest BCUT2D eigenvalue weighted by molar-refractivity contribution is 5.92. The molecule has 0 radical (unpaired) electrons. The van der Waals surface area contributed by atoms with Crippen LogP contribution in [0.15, 0.2) is 0 Å². The van der Waals surface area contributed by atoms with E-state index in [4.69, 9.17) is 10.5 Å². The molecule has 108 valence electrons. The molecule has 1 rings (SSSR count). The van der Waals surface area contributed by atoms with E-state index in [-0.39, 0.29) is 5.69 Å². The van der Waals surface area contributed by atoms with E-state index in [2.05, 4.69) is 16.6 Å². The molecule has 0 aliphatic heterocycles. The zero-order valence-corrected chi connectivity index (χ0v) is 11.9. The fourth-order valence-corrected chi connectivity index (χ4v) is 1.85. The van der Waals surface area contributed by atoms with E-state index in [1.807, 2.05) is 11.5 Å². The van der Waals surface area contributed by atoms with Crippen molar-refractivity contribution in [2.24, 2.45) is 0 Å². The molecule has 6 nitrogen and oxygen atoms in total. The standard InChI is InChI=1S/C13H23N3O3/c1-4-8-19-9-6-7-16-10(5-2)15-11(12(16)14)13(17)18-3/h4-9,14H2,1-3H3. The van der Waals surface area contributed by atoms with Gasteiger partial charge in [0, 0.05) is 26.2 Å². The molecule has 6 heteroatoms. The molecule has 2 N–H and O–H groups in total. The van der Waals surface area contributed by atoms with E-state index in [1.54, 1.807) is 0 Å². The zero-order chi connectivity index (χ0) is 14.3. The molecular formula is C13H23N3O3. The molecule has 0 aliphatic rings. The van der Waals surface area contributed by atoms with Gasteiger partial charge in [-0.25, -0.2) is 9.78 Å². The van der Waals surface area contributed by atoms with Crippen molar-refractivity contribution in [3.63, 3.8) is 0 Å². The molecule has 19 heavy (non-hydrogen) atoms. The summed E-state index contributed by atoms with van der Waals surface area (Å²) < 4.78 is 12.0. The van der Waals surface area contributed by atoms with Crippen LogP contribution >= 0.6 is 0 Å². The van der Waals surface area contributed by atoms with Crippen molar-refractivity contribution in [3.05, 3.63) is 11.5 Å². The van der Waals surface area contributed by atoms with E-state index < -0.39 is 5.97 Å². The van der Waals surface area contributed by atoms with Crippen LogP contribution in [0.3, 0.4) is 0 Å². The smallest absolute Gasteiger partial charge is 0.360 e. The van der Waals surface area contributed by atoms with Crippen LogP contribution in [0.2, 0.25) is 0 Å². The minimum atomic E-state index is -0.492. The third-order valence-electron chi connectivity index (χ3n) is 2.80. The molecule has 1 aromatic heterocycles. The number of imidazole rings is 1. The molecule has 0 spiro atoms. The lowest BCUT2D eigenvalue weighted by Gasteiger charge is -2.09. The number of anilines is 1. The maximum atomic E-state index is 11.5. The normalized spacial score (nSPS) is 10.7. The van der Waals surface area contributed by atoms with E-state index in [0.717, 1.165) is 31.7 Å². The van der Waals surface area contributed by atoms with Gasteiger partial charge in [-0.1, -0.05) is 13.8 Å². The Hall–Kier alpha value is -1.56. The van der Waals surface area contributed by atoms with E-state index >= 15 is 0 Å². The quantitative estimate of drug-likeness (QED) is 0.573. The number of carbonyl (C=O) groups is 1. The van der Waals surface area contributed by atoms with E-state index in [0.29, 0.717) is 19.0 Å². The van der Waals surface area contributed by atoms with Crippen molar-refractivity contribution in [2.75, 3.05) is 26.1 Å². The Morgan fingerprint density at radius 1 is 1.37 bits per heavy atom. The van der Waals surface area contributed by atoms with Crippen molar-refractivity contribution < 1.29 is 14.3 Å². The predicted molar refractivity (Wildman–Crippen MR) is 73.1 cm³/mol. The average Bonchev–Trinajstić information content (AvgIpc) is 2.74. The third kappa shape index (κ3) is 3.96. The number of methoxy groups -OCH3 is 1. The second kappa shape index (κ2) is 7.78. The second-order valence-electron chi connectivity index (χ2n) is 4.22. The van der Waals surface area contributed by atoms with Crippen LogP contribution in [-0.4, -0.2) is 35.8 Å². The van der Waals surface area contributed by atoms with Crippen LogP contribution in [0.4, 0.5) is 5.82 Å². The van der Waals surface area contributed by atoms with Crippen molar-refractivity contribution in [3.8, 4) is 0 Å². The monoisotopic (exact) mass is 269 g/mol. The number of ether oxygens (including phenoxy) is 2. The minimum absolute atomic E-state index is 0.203. The van der Waals surface area contributed by atoms with Crippen LogP contribution in [-0.2, 0) is 22.4 Å². The summed E-state index contributed by atoms with van der Waals surface area (Å²) in [7, 11) is 1.32. The molecule has 0 aromatic carbocycles. The molecule has 0 saturated heterocycles. The van der Waals surface area contributed by atoms with Gasteiger partial charge in [-0.2, -0.15) is 0 Å². The summed E-state index contributed by atoms with van der Waals surface area (Å²) in [5.41, 5.74) is 6.16. The second-order valence-corrected chi connectivity index (χ2v) is 4.22. The first-order chi connectivity index (χ1) is 9.15. The number of esters is 1. The topological polar surface area (TPSA) is 79.4 Å².